The number of carbonyl (C=O) groups excluding carboxylic acids is 1. The van der Waals surface area contributed by atoms with Crippen LogP contribution in [0.2, 0.25) is 0 Å². The Balaban J connectivity index is 2.21. The first-order chi connectivity index (χ1) is 9.56. The van der Waals surface area contributed by atoms with E-state index >= 15 is 0 Å². The van der Waals surface area contributed by atoms with E-state index in [-0.39, 0.29) is 5.56 Å². The average molecular weight is 278 g/mol. The zero-order valence-electron chi connectivity index (χ0n) is 11.1. The van der Waals surface area contributed by atoms with Crippen molar-refractivity contribution in [2.24, 2.45) is 0 Å². The van der Waals surface area contributed by atoms with Crippen molar-refractivity contribution in [1.29, 1.82) is 5.26 Å². The summed E-state index contributed by atoms with van der Waals surface area (Å²) >= 11 is 0. The van der Waals surface area contributed by atoms with Crippen molar-refractivity contribution >= 4 is 5.91 Å². The monoisotopic (exact) mass is 278 g/mol. The van der Waals surface area contributed by atoms with E-state index in [0.717, 1.165) is 43.9 Å². The molecule has 1 aromatic rings. The van der Waals surface area contributed by atoms with Crippen LogP contribution in [0.4, 0.5) is 8.78 Å². The van der Waals surface area contributed by atoms with Crippen LogP contribution in [-0.4, -0.2) is 11.4 Å². The van der Waals surface area contributed by atoms with E-state index in [1.165, 1.54) is 0 Å². The van der Waals surface area contributed by atoms with Gasteiger partial charge in [0.1, 0.15) is 17.2 Å². The molecule has 0 spiro atoms. The molecule has 1 aromatic carbocycles. The molecule has 1 aliphatic rings. The second-order valence-corrected chi connectivity index (χ2v) is 5.19. The number of halogens is 2. The maximum Gasteiger partial charge on any atom is 0.255 e. The van der Waals surface area contributed by atoms with Gasteiger partial charge in [-0.05, 0) is 31.0 Å². The first kappa shape index (κ1) is 14.4. The fraction of sp³-hybridized carbons (Fsp3) is 0.467. The lowest BCUT2D eigenvalue weighted by Gasteiger charge is -2.26. The predicted octanol–water partition coefficient (Wildman–Crippen LogP) is 3.31. The summed E-state index contributed by atoms with van der Waals surface area (Å²) in [5, 5.41) is 12.0. The zero-order chi connectivity index (χ0) is 14.6. The van der Waals surface area contributed by atoms with Gasteiger partial charge < -0.3 is 5.32 Å². The molecule has 20 heavy (non-hydrogen) atoms. The van der Waals surface area contributed by atoms with Crippen molar-refractivity contribution in [3.8, 4) is 6.07 Å². The van der Waals surface area contributed by atoms with Gasteiger partial charge in [0.2, 0.25) is 0 Å². The molecule has 0 radical (unpaired) electrons. The molecule has 1 fully saturated rings. The van der Waals surface area contributed by atoms with Crippen LogP contribution in [0.1, 0.15) is 48.9 Å². The van der Waals surface area contributed by atoms with Gasteiger partial charge in [0.05, 0.1) is 11.6 Å². The lowest BCUT2D eigenvalue weighted by molar-refractivity contribution is 0.0908. The minimum absolute atomic E-state index is 0.358. The number of nitrogens with one attached hydrogen (secondary N) is 1. The zero-order valence-corrected chi connectivity index (χ0v) is 11.1. The third kappa shape index (κ3) is 3.13. The number of nitrogens with zero attached hydrogens (tertiary/aromatic N) is 1. The van der Waals surface area contributed by atoms with Crippen molar-refractivity contribution in [1.82, 2.24) is 5.32 Å². The van der Waals surface area contributed by atoms with Gasteiger partial charge in [0.15, 0.2) is 0 Å². The number of benzene rings is 1. The lowest BCUT2D eigenvalue weighted by atomic mass is 9.91. The summed E-state index contributed by atoms with van der Waals surface area (Å²) in [5.41, 5.74) is -1.32. The number of nitriles is 1. The standard InChI is InChI=1S/C15H16F2N2O/c16-11-5-6-13(17)12(9-11)14(20)19-15(10-18)7-3-1-2-4-8-15/h5-6,9H,1-4,7-8H2,(H,19,20). The first-order valence-electron chi connectivity index (χ1n) is 6.75. The topological polar surface area (TPSA) is 52.9 Å². The van der Waals surface area contributed by atoms with Crippen molar-refractivity contribution in [2.75, 3.05) is 0 Å². The third-order valence-corrected chi connectivity index (χ3v) is 3.70. The molecule has 0 bridgehead atoms. The molecule has 1 N–H and O–H groups in total. The normalized spacial score (nSPS) is 17.9. The quantitative estimate of drug-likeness (QED) is 0.844. The predicted molar refractivity (Wildman–Crippen MR) is 69.9 cm³/mol. The van der Waals surface area contributed by atoms with E-state index in [9.17, 15) is 18.8 Å². The van der Waals surface area contributed by atoms with Crippen LogP contribution >= 0.6 is 0 Å². The van der Waals surface area contributed by atoms with E-state index in [0.29, 0.717) is 12.8 Å². The van der Waals surface area contributed by atoms with Crippen LogP contribution < -0.4 is 5.32 Å². The van der Waals surface area contributed by atoms with Crippen molar-refractivity contribution in [3.05, 3.63) is 35.4 Å². The number of hydrogen-bond acceptors (Lipinski definition) is 2. The lowest BCUT2D eigenvalue weighted by Crippen LogP contribution is -2.47. The van der Waals surface area contributed by atoms with Gasteiger partial charge in [-0.3, -0.25) is 4.79 Å². The molecular formula is C15H16F2N2O. The van der Waals surface area contributed by atoms with E-state index in [1.54, 1.807) is 0 Å². The van der Waals surface area contributed by atoms with E-state index < -0.39 is 23.1 Å². The Bertz CT molecular complexity index is 543. The molecule has 3 nitrogen and oxygen atoms in total. The van der Waals surface area contributed by atoms with Gasteiger partial charge in [-0.25, -0.2) is 8.78 Å². The highest BCUT2D eigenvalue weighted by atomic mass is 19.1. The van der Waals surface area contributed by atoms with E-state index in [1.807, 2.05) is 0 Å². The molecule has 0 unspecified atom stereocenters. The third-order valence-electron chi connectivity index (χ3n) is 3.70. The van der Waals surface area contributed by atoms with Crippen LogP contribution in [-0.2, 0) is 0 Å². The number of amides is 1. The minimum Gasteiger partial charge on any atom is -0.334 e. The molecule has 5 heteroatoms. The molecule has 0 saturated heterocycles. The molecule has 1 aliphatic carbocycles. The Hall–Kier alpha value is -1.96. The van der Waals surface area contributed by atoms with Gasteiger partial charge in [-0.15, -0.1) is 0 Å². The number of hydrogen-bond donors (Lipinski definition) is 1. The van der Waals surface area contributed by atoms with Crippen LogP contribution in [0.15, 0.2) is 18.2 Å². The summed E-state index contributed by atoms with van der Waals surface area (Å²) < 4.78 is 26.7. The summed E-state index contributed by atoms with van der Waals surface area (Å²) in [6.07, 6.45) is 4.83. The van der Waals surface area contributed by atoms with Gasteiger partial charge in [-0.1, -0.05) is 25.7 Å². The van der Waals surface area contributed by atoms with Gasteiger partial charge in [0, 0.05) is 0 Å². The van der Waals surface area contributed by atoms with E-state index in [2.05, 4.69) is 11.4 Å². The van der Waals surface area contributed by atoms with Crippen molar-refractivity contribution < 1.29 is 13.6 Å². The van der Waals surface area contributed by atoms with Crippen LogP contribution in [0.25, 0.3) is 0 Å². The molecule has 1 amide bonds. The Kier molecular flexibility index (Phi) is 4.33. The molecule has 0 aliphatic heterocycles. The van der Waals surface area contributed by atoms with Gasteiger partial charge in [0.25, 0.3) is 5.91 Å². The Morgan fingerprint density at radius 3 is 2.45 bits per heavy atom. The SMILES string of the molecule is N#CC1(NC(=O)c2cc(F)ccc2F)CCCCCC1. The highest BCUT2D eigenvalue weighted by Crippen LogP contribution is 2.27. The molecule has 106 valence electrons. The molecule has 0 atom stereocenters. The Labute approximate surface area is 116 Å². The molecule has 2 rings (SSSR count). The van der Waals surface area contributed by atoms with E-state index in [4.69, 9.17) is 0 Å². The summed E-state index contributed by atoms with van der Waals surface area (Å²) in [5.74, 6) is -2.19. The largest absolute Gasteiger partial charge is 0.334 e. The average Bonchev–Trinajstić information content (AvgIpc) is 2.67. The Morgan fingerprint density at radius 1 is 1.20 bits per heavy atom. The van der Waals surface area contributed by atoms with Gasteiger partial charge >= 0.3 is 0 Å². The maximum absolute atomic E-state index is 13.6. The molecular weight excluding hydrogens is 262 g/mol. The smallest absolute Gasteiger partial charge is 0.255 e. The maximum atomic E-state index is 13.6. The molecule has 0 heterocycles. The molecule has 0 aromatic heterocycles. The first-order valence-corrected chi connectivity index (χ1v) is 6.75. The second-order valence-electron chi connectivity index (χ2n) is 5.19. The molecule has 1 saturated carbocycles. The van der Waals surface area contributed by atoms with Crippen LogP contribution in [0, 0.1) is 23.0 Å². The summed E-state index contributed by atoms with van der Waals surface area (Å²) in [6.45, 7) is 0. The Morgan fingerprint density at radius 2 is 1.85 bits per heavy atom. The fourth-order valence-electron chi connectivity index (χ4n) is 2.55. The summed E-state index contributed by atoms with van der Waals surface area (Å²) in [7, 11) is 0. The minimum atomic E-state index is -0.966. The second kappa shape index (κ2) is 6.00. The van der Waals surface area contributed by atoms with Crippen LogP contribution in [0.3, 0.4) is 0 Å². The number of carbonyl (C=O) groups is 1. The summed E-state index contributed by atoms with van der Waals surface area (Å²) in [6, 6.07) is 4.87. The summed E-state index contributed by atoms with van der Waals surface area (Å²) in [4.78, 5) is 12.1. The van der Waals surface area contributed by atoms with Crippen LogP contribution in [0.5, 0.6) is 0 Å². The van der Waals surface area contributed by atoms with Crippen molar-refractivity contribution in [2.45, 2.75) is 44.1 Å². The van der Waals surface area contributed by atoms with Crippen molar-refractivity contribution in [3.63, 3.8) is 0 Å². The highest BCUT2D eigenvalue weighted by molar-refractivity contribution is 5.95. The highest BCUT2D eigenvalue weighted by Gasteiger charge is 2.33. The van der Waals surface area contributed by atoms with Gasteiger partial charge in [-0.2, -0.15) is 5.26 Å². The number of rotatable bonds is 2. The fourth-order valence-corrected chi connectivity index (χ4v) is 2.55.